The van der Waals surface area contributed by atoms with E-state index >= 15 is 0 Å². The number of rotatable bonds is 5. The number of hydrogen-bond acceptors (Lipinski definition) is 5. The minimum absolute atomic E-state index is 0.182. The van der Waals surface area contributed by atoms with Crippen LogP contribution in [0.4, 0.5) is 17.2 Å². The van der Waals surface area contributed by atoms with E-state index in [-0.39, 0.29) is 4.90 Å². The van der Waals surface area contributed by atoms with Crippen LogP contribution in [0.25, 0.3) is 11.0 Å². The predicted molar refractivity (Wildman–Crippen MR) is 106 cm³/mol. The lowest BCUT2D eigenvalue weighted by Crippen LogP contribution is -2.13. The Morgan fingerprint density at radius 3 is 2.52 bits per heavy atom. The number of fused-ring (bicyclic) bond motifs is 1. The van der Waals surface area contributed by atoms with Gasteiger partial charge < -0.3 is 5.32 Å². The van der Waals surface area contributed by atoms with Gasteiger partial charge in [-0.1, -0.05) is 18.2 Å². The smallest absolute Gasteiger partial charge is 0.261 e. The lowest BCUT2D eigenvalue weighted by atomic mass is 10.2. The molecule has 0 spiro atoms. The number of aryl methyl sites for hydroxylation is 1. The molecule has 2 aromatic carbocycles. The maximum absolute atomic E-state index is 12.6. The van der Waals surface area contributed by atoms with Crippen LogP contribution < -0.4 is 10.0 Å². The van der Waals surface area contributed by atoms with Gasteiger partial charge in [-0.2, -0.15) is 5.10 Å². The first kappa shape index (κ1) is 17.0. The van der Waals surface area contributed by atoms with E-state index < -0.39 is 10.0 Å². The van der Waals surface area contributed by atoms with E-state index in [1.165, 1.54) is 0 Å². The summed E-state index contributed by atoms with van der Waals surface area (Å²) in [6.45, 7) is 1.85. The number of aromatic amines is 1. The van der Waals surface area contributed by atoms with E-state index in [9.17, 15) is 8.42 Å². The van der Waals surface area contributed by atoms with Gasteiger partial charge in [0.25, 0.3) is 10.0 Å². The Hall–Kier alpha value is -3.39. The molecule has 4 rings (SSSR count). The summed E-state index contributed by atoms with van der Waals surface area (Å²) in [6.07, 6.45) is 1.69. The van der Waals surface area contributed by atoms with Crippen molar-refractivity contribution in [2.75, 3.05) is 10.0 Å². The van der Waals surface area contributed by atoms with Crippen molar-refractivity contribution in [3.8, 4) is 0 Å². The molecule has 0 atom stereocenters. The third-order valence-corrected chi connectivity index (χ3v) is 5.52. The highest BCUT2D eigenvalue weighted by atomic mass is 32.2. The van der Waals surface area contributed by atoms with Crippen molar-refractivity contribution in [3.05, 3.63) is 72.4 Å². The normalized spacial score (nSPS) is 11.4. The van der Waals surface area contributed by atoms with Gasteiger partial charge in [-0.05, 0) is 55.0 Å². The van der Waals surface area contributed by atoms with Crippen molar-refractivity contribution in [3.63, 3.8) is 0 Å². The van der Waals surface area contributed by atoms with Crippen LogP contribution in [0, 0.1) is 6.92 Å². The number of hydrogen-bond donors (Lipinski definition) is 3. The summed E-state index contributed by atoms with van der Waals surface area (Å²) in [5, 5.41) is 10.2. The number of nitrogens with one attached hydrogen (secondary N) is 3. The molecule has 0 radical (unpaired) electrons. The largest absolute Gasteiger partial charge is 0.337 e. The number of H-pyrrole nitrogens is 1. The lowest BCUT2D eigenvalue weighted by Gasteiger charge is -2.11. The number of benzene rings is 2. The van der Waals surface area contributed by atoms with Gasteiger partial charge in [-0.15, -0.1) is 0 Å². The molecule has 0 saturated heterocycles. The molecule has 0 bridgehead atoms. The molecule has 2 heterocycles. The Morgan fingerprint density at radius 2 is 1.74 bits per heavy atom. The molecule has 0 fully saturated rings. The van der Waals surface area contributed by atoms with E-state index in [1.54, 1.807) is 42.6 Å². The number of para-hydroxylation sites is 1. The molecule has 3 N–H and O–H groups in total. The SMILES string of the molecule is Cc1ccccc1NS(=O)(=O)c1ccc(Nc2n[nH]c3cccnc23)cc1. The number of anilines is 3. The van der Waals surface area contributed by atoms with Crippen molar-refractivity contribution in [1.82, 2.24) is 15.2 Å². The minimum Gasteiger partial charge on any atom is -0.337 e. The van der Waals surface area contributed by atoms with Crippen molar-refractivity contribution in [1.29, 1.82) is 0 Å². The van der Waals surface area contributed by atoms with Crippen LogP contribution in [0.15, 0.2) is 71.8 Å². The van der Waals surface area contributed by atoms with Crippen LogP contribution in [-0.4, -0.2) is 23.6 Å². The fourth-order valence-corrected chi connectivity index (χ4v) is 3.82. The summed E-state index contributed by atoms with van der Waals surface area (Å²) in [5.74, 6) is 0.583. The first-order valence-corrected chi connectivity index (χ1v) is 9.76. The molecule has 27 heavy (non-hydrogen) atoms. The molecule has 0 aliphatic heterocycles. The average Bonchev–Trinajstić information content (AvgIpc) is 3.07. The molecule has 4 aromatic rings. The van der Waals surface area contributed by atoms with E-state index in [0.717, 1.165) is 16.6 Å². The van der Waals surface area contributed by atoms with Crippen molar-refractivity contribution in [2.45, 2.75) is 11.8 Å². The fourth-order valence-electron chi connectivity index (χ4n) is 2.69. The van der Waals surface area contributed by atoms with Gasteiger partial charge in [-0.3, -0.25) is 14.8 Å². The molecular formula is C19H17N5O2S. The predicted octanol–water partition coefficient (Wildman–Crippen LogP) is 3.81. The molecule has 0 unspecified atom stereocenters. The fraction of sp³-hybridized carbons (Fsp3) is 0.0526. The van der Waals surface area contributed by atoms with E-state index in [0.29, 0.717) is 17.2 Å². The van der Waals surface area contributed by atoms with Crippen LogP contribution in [0.3, 0.4) is 0 Å². The zero-order valence-corrected chi connectivity index (χ0v) is 15.3. The first-order valence-electron chi connectivity index (χ1n) is 8.27. The highest BCUT2D eigenvalue weighted by Gasteiger charge is 2.15. The third-order valence-electron chi connectivity index (χ3n) is 4.14. The summed E-state index contributed by atoms with van der Waals surface area (Å²) in [4.78, 5) is 4.47. The van der Waals surface area contributed by atoms with Crippen LogP contribution in [0.2, 0.25) is 0 Å². The molecule has 2 aromatic heterocycles. The quantitative estimate of drug-likeness (QED) is 0.490. The van der Waals surface area contributed by atoms with E-state index in [2.05, 4.69) is 25.2 Å². The Morgan fingerprint density at radius 1 is 0.963 bits per heavy atom. The maximum atomic E-state index is 12.6. The molecule has 8 heteroatoms. The van der Waals surface area contributed by atoms with Crippen LogP contribution in [0.5, 0.6) is 0 Å². The van der Waals surface area contributed by atoms with Crippen LogP contribution in [0.1, 0.15) is 5.56 Å². The van der Waals surface area contributed by atoms with Crippen molar-refractivity contribution < 1.29 is 8.42 Å². The summed E-state index contributed by atoms with van der Waals surface area (Å²) in [7, 11) is -3.66. The monoisotopic (exact) mass is 379 g/mol. The van der Waals surface area contributed by atoms with Crippen molar-refractivity contribution in [2.24, 2.45) is 0 Å². The van der Waals surface area contributed by atoms with Gasteiger partial charge in [0.15, 0.2) is 5.82 Å². The van der Waals surface area contributed by atoms with Gasteiger partial charge in [-0.25, -0.2) is 8.42 Å². The minimum atomic E-state index is -3.66. The van der Waals surface area contributed by atoms with Gasteiger partial charge >= 0.3 is 0 Å². The molecule has 136 valence electrons. The summed E-state index contributed by atoms with van der Waals surface area (Å²) < 4.78 is 27.8. The van der Waals surface area contributed by atoms with Crippen molar-refractivity contribution >= 4 is 38.2 Å². The second kappa shape index (κ2) is 6.73. The molecule has 7 nitrogen and oxygen atoms in total. The number of aromatic nitrogens is 3. The Bertz CT molecular complexity index is 1200. The highest BCUT2D eigenvalue weighted by molar-refractivity contribution is 7.92. The van der Waals surface area contributed by atoms with Gasteiger partial charge in [0.1, 0.15) is 5.52 Å². The summed E-state index contributed by atoms with van der Waals surface area (Å²) in [5.41, 5.74) is 3.67. The van der Waals surface area contributed by atoms with Gasteiger partial charge in [0.2, 0.25) is 0 Å². The first-order chi connectivity index (χ1) is 13.0. The van der Waals surface area contributed by atoms with Gasteiger partial charge in [0.05, 0.1) is 16.1 Å². The lowest BCUT2D eigenvalue weighted by molar-refractivity contribution is 0.601. The second-order valence-corrected chi connectivity index (χ2v) is 7.72. The Kier molecular flexibility index (Phi) is 4.25. The van der Waals surface area contributed by atoms with Crippen LogP contribution >= 0.6 is 0 Å². The average molecular weight is 379 g/mol. The maximum Gasteiger partial charge on any atom is 0.261 e. The third kappa shape index (κ3) is 3.47. The number of pyridine rings is 1. The Labute approximate surface area is 156 Å². The Balaban J connectivity index is 1.56. The van der Waals surface area contributed by atoms with E-state index in [4.69, 9.17) is 0 Å². The summed E-state index contributed by atoms with van der Waals surface area (Å²) >= 11 is 0. The van der Waals surface area contributed by atoms with Gasteiger partial charge in [0, 0.05) is 11.9 Å². The van der Waals surface area contributed by atoms with Crippen LogP contribution in [-0.2, 0) is 10.0 Å². The standard InChI is InChI=1S/C19H17N5O2S/c1-13-5-2-3-6-16(13)24-27(25,26)15-10-8-14(9-11-15)21-19-18-17(22-23-19)7-4-12-20-18/h2-12,24H,1H3,(H2,21,22,23). The summed E-state index contributed by atoms with van der Waals surface area (Å²) in [6, 6.07) is 17.4. The molecule has 0 aliphatic carbocycles. The number of nitrogens with zero attached hydrogens (tertiary/aromatic N) is 2. The van der Waals surface area contributed by atoms with E-state index in [1.807, 2.05) is 31.2 Å². The second-order valence-electron chi connectivity index (χ2n) is 6.04. The number of sulfonamides is 1. The molecule has 0 saturated carbocycles. The highest BCUT2D eigenvalue weighted by Crippen LogP contribution is 2.24. The molecule has 0 aliphatic rings. The molecule has 0 amide bonds. The zero-order valence-electron chi connectivity index (χ0n) is 14.5. The molecular weight excluding hydrogens is 362 g/mol. The zero-order chi connectivity index (χ0) is 18.9. The topological polar surface area (TPSA) is 99.8 Å².